The minimum atomic E-state index is 0.222. The van der Waals surface area contributed by atoms with Crippen LogP contribution in [0.3, 0.4) is 0 Å². The van der Waals surface area contributed by atoms with E-state index >= 15 is 0 Å². The summed E-state index contributed by atoms with van der Waals surface area (Å²) in [7, 11) is 3.73. The summed E-state index contributed by atoms with van der Waals surface area (Å²) in [5.41, 5.74) is 5.91. The number of hydrogen-bond donors (Lipinski definition) is 2. The Bertz CT molecular complexity index is 632. The van der Waals surface area contributed by atoms with Crippen molar-refractivity contribution in [2.24, 2.45) is 0 Å². The van der Waals surface area contributed by atoms with Crippen molar-refractivity contribution >= 4 is 21.6 Å². The predicted octanol–water partition coefficient (Wildman–Crippen LogP) is 6.46. The van der Waals surface area contributed by atoms with Gasteiger partial charge in [-0.1, -0.05) is 112 Å². The molecule has 2 aromatic rings. The first kappa shape index (κ1) is 23.3. The highest BCUT2D eigenvalue weighted by molar-refractivity contribution is 8.76. The van der Waals surface area contributed by atoms with Crippen LogP contribution < -0.4 is 10.6 Å². The maximum atomic E-state index is 3.50. The van der Waals surface area contributed by atoms with Gasteiger partial charge in [-0.15, -0.1) is 0 Å². The van der Waals surface area contributed by atoms with E-state index in [4.69, 9.17) is 0 Å². The first-order chi connectivity index (χ1) is 13.2. The molecule has 0 aromatic heterocycles. The van der Waals surface area contributed by atoms with Crippen molar-refractivity contribution in [1.82, 2.24) is 10.6 Å². The molecule has 2 N–H and O–H groups in total. The van der Waals surface area contributed by atoms with Crippen LogP contribution in [0.25, 0.3) is 0 Å². The second kappa shape index (κ2) is 10.7. The number of nitrogens with one attached hydrogen (secondary N) is 2. The maximum absolute atomic E-state index is 3.50. The van der Waals surface area contributed by atoms with Gasteiger partial charge in [-0.25, -0.2) is 0 Å². The number of benzene rings is 2. The Morgan fingerprint density at radius 2 is 0.893 bits per heavy atom. The lowest BCUT2D eigenvalue weighted by atomic mass is 9.87. The Hall–Kier alpha value is -0.940. The predicted molar refractivity (Wildman–Crippen MR) is 129 cm³/mol. The standard InChI is InChI=1S/C24H36N2S2/c1-23(2,3)21-11-7-19(8-12-21)15-25-17-27-28-18-26-16-20-9-13-22(14-10-20)24(4,5)6/h7-14,25-26H,15-18H2,1-6H3. The molecule has 0 amide bonds. The molecule has 0 bridgehead atoms. The first-order valence-corrected chi connectivity index (χ1v) is 12.5. The van der Waals surface area contributed by atoms with Gasteiger partial charge in [0, 0.05) is 13.1 Å². The molecule has 0 saturated heterocycles. The fourth-order valence-corrected chi connectivity index (χ4v) is 4.34. The number of rotatable bonds is 9. The third-order valence-electron chi connectivity index (χ3n) is 4.70. The largest absolute Gasteiger partial charge is 0.303 e. The summed E-state index contributed by atoms with van der Waals surface area (Å²) in [6.07, 6.45) is 0. The Morgan fingerprint density at radius 1 is 0.571 bits per heavy atom. The minimum absolute atomic E-state index is 0.222. The highest BCUT2D eigenvalue weighted by atomic mass is 33.1. The van der Waals surface area contributed by atoms with Crippen LogP contribution in [-0.2, 0) is 23.9 Å². The zero-order valence-electron chi connectivity index (χ0n) is 18.3. The van der Waals surface area contributed by atoms with Gasteiger partial charge in [0.15, 0.2) is 0 Å². The van der Waals surface area contributed by atoms with E-state index in [2.05, 4.69) is 101 Å². The van der Waals surface area contributed by atoms with E-state index in [1.54, 1.807) is 0 Å². The Morgan fingerprint density at radius 3 is 1.18 bits per heavy atom. The van der Waals surface area contributed by atoms with Crippen molar-refractivity contribution in [3.63, 3.8) is 0 Å². The molecule has 28 heavy (non-hydrogen) atoms. The van der Waals surface area contributed by atoms with Gasteiger partial charge in [0.2, 0.25) is 0 Å². The van der Waals surface area contributed by atoms with Crippen LogP contribution in [-0.4, -0.2) is 11.8 Å². The van der Waals surface area contributed by atoms with Crippen LogP contribution in [0, 0.1) is 0 Å². The zero-order chi connectivity index (χ0) is 20.6. The average Bonchev–Trinajstić information content (AvgIpc) is 2.63. The third-order valence-corrected chi connectivity index (χ3v) is 6.72. The molecule has 0 aliphatic heterocycles. The maximum Gasteiger partial charge on any atom is 0.0526 e. The molecule has 0 aliphatic carbocycles. The monoisotopic (exact) mass is 416 g/mol. The van der Waals surface area contributed by atoms with E-state index < -0.39 is 0 Å². The lowest BCUT2D eigenvalue weighted by Crippen LogP contribution is -2.15. The molecule has 0 heterocycles. The highest BCUT2D eigenvalue weighted by Gasteiger charge is 2.13. The molecule has 0 saturated carbocycles. The van der Waals surface area contributed by atoms with Crippen molar-refractivity contribution in [1.29, 1.82) is 0 Å². The Labute approximate surface area is 180 Å². The zero-order valence-corrected chi connectivity index (χ0v) is 19.9. The van der Waals surface area contributed by atoms with Gasteiger partial charge in [-0.3, -0.25) is 0 Å². The summed E-state index contributed by atoms with van der Waals surface area (Å²) < 4.78 is 0. The van der Waals surface area contributed by atoms with E-state index in [0.717, 1.165) is 24.8 Å². The summed E-state index contributed by atoms with van der Waals surface area (Å²) in [6, 6.07) is 17.9. The average molecular weight is 417 g/mol. The fraction of sp³-hybridized carbons (Fsp3) is 0.500. The summed E-state index contributed by atoms with van der Waals surface area (Å²) >= 11 is 0. The molecule has 0 aliphatic rings. The molecule has 0 radical (unpaired) electrons. The second-order valence-corrected chi connectivity index (χ2v) is 11.7. The van der Waals surface area contributed by atoms with E-state index in [1.807, 2.05) is 21.6 Å². The van der Waals surface area contributed by atoms with Crippen LogP contribution in [0.1, 0.15) is 63.8 Å². The van der Waals surface area contributed by atoms with Gasteiger partial charge in [-0.05, 0) is 33.1 Å². The molecule has 0 spiro atoms. The Kier molecular flexibility index (Phi) is 8.94. The lowest BCUT2D eigenvalue weighted by Gasteiger charge is -2.19. The number of hydrogen-bond acceptors (Lipinski definition) is 4. The molecule has 0 fully saturated rings. The molecule has 154 valence electrons. The van der Waals surface area contributed by atoms with E-state index in [-0.39, 0.29) is 10.8 Å². The third kappa shape index (κ3) is 8.20. The van der Waals surface area contributed by atoms with E-state index in [0.29, 0.717) is 0 Å². The quantitative estimate of drug-likeness (QED) is 0.278. The summed E-state index contributed by atoms with van der Waals surface area (Å²) in [5, 5.41) is 7.01. The smallest absolute Gasteiger partial charge is 0.0526 e. The van der Waals surface area contributed by atoms with Crippen molar-refractivity contribution in [2.75, 3.05) is 11.8 Å². The van der Waals surface area contributed by atoms with Gasteiger partial charge >= 0.3 is 0 Å². The fourth-order valence-electron chi connectivity index (χ4n) is 2.80. The van der Waals surface area contributed by atoms with Crippen LogP contribution in [0.5, 0.6) is 0 Å². The van der Waals surface area contributed by atoms with Crippen LogP contribution in [0.4, 0.5) is 0 Å². The molecule has 0 atom stereocenters. The van der Waals surface area contributed by atoms with Gasteiger partial charge in [0.25, 0.3) is 0 Å². The normalized spacial score (nSPS) is 12.4. The SMILES string of the molecule is CC(C)(C)c1ccc(CNCSSCNCc2ccc(C(C)(C)C)cc2)cc1. The van der Waals surface area contributed by atoms with Crippen molar-refractivity contribution in [3.8, 4) is 0 Å². The van der Waals surface area contributed by atoms with Gasteiger partial charge < -0.3 is 10.6 Å². The molecule has 2 rings (SSSR count). The highest BCUT2D eigenvalue weighted by Crippen LogP contribution is 2.23. The summed E-state index contributed by atoms with van der Waals surface area (Å²) in [6.45, 7) is 15.4. The second-order valence-electron chi connectivity index (χ2n) is 9.27. The van der Waals surface area contributed by atoms with Crippen molar-refractivity contribution in [3.05, 3.63) is 70.8 Å². The molecular weight excluding hydrogens is 380 g/mol. The van der Waals surface area contributed by atoms with E-state index in [1.165, 1.54) is 22.3 Å². The van der Waals surface area contributed by atoms with Gasteiger partial charge in [0.1, 0.15) is 0 Å². The van der Waals surface area contributed by atoms with Gasteiger partial charge in [-0.2, -0.15) is 0 Å². The van der Waals surface area contributed by atoms with Crippen molar-refractivity contribution in [2.45, 2.75) is 65.5 Å². The van der Waals surface area contributed by atoms with Crippen molar-refractivity contribution < 1.29 is 0 Å². The summed E-state index contributed by atoms with van der Waals surface area (Å²) in [5.74, 6) is 1.90. The minimum Gasteiger partial charge on any atom is -0.303 e. The van der Waals surface area contributed by atoms with Crippen LogP contribution in [0.2, 0.25) is 0 Å². The summed E-state index contributed by atoms with van der Waals surface area (Å²) in [4.78, 5) is 0. The van der Waals surface area contributed by atoms with E-state index in [9.17, 15) is 0 Å². The van der Waals surface area contributed by atoms with Crippen LogP contribution >= 0.6 is 21.6 Å². The topological polar surface area (TPSA) is 24.1 Å². The molecule has 2 aromatic carbocycles. The Balaban J connectivity index is 1.55. The first-order valence-electron chi connectivity index (χ1n) is 10.0. The lowest BCUT2D eigenvalue weighted by molar-refractivity contribution is 0.589. The van der Waals surface area contributed by atoms with Gasteiger partial charge in [0.05, 0.1) is 11.8 Å². The molecule has 0 unspecified atom stereocenters. The molecule has 4 heteroatoms. The molecular formula is C24H36N2S2. The molecule has 2 nitrogen and oxygen atoms in total. The van der Waals surface area contributed by atoms with Crippen LogP contribution in [0.15, 0.2) is 48.5 Å².